The van der Waals surface area contributed by atoms with Gasteiger partial charge in [0.05, 0.1) is 11.9 Å². The molecule has 1 aromatic carbocycles. The predicted octanol–water partition coefficient (Wildman–Crippen LogP) is 4.32. The van der Waals surface area contributed by atoms with E-state index in [4.69, 9.17) is 10.5 Å². The lowest BCUT2D eigenvalue weighted by Gasteiger charge is -2.61. The minimum Gasteiger partial charge on any atom is -0.461 e. The third kappa shape index (κ3) is 6.32. The lowest BCUT2D eigenvalue weighted by Crippen LogP contribution is -2.63. The van der Waals surface area contributed by atoms with E-state index < -0.39 is 23.0 Å². The molecule has 8 heteroatoms. The number of nitrogens with one attached hydrogen (secondary N) is 2. The number of esters is 1. The van der Waals surface area contributed by atoms with Crippen molar-refractivity contribution < 1.29 is 19.4 Å². The van der Waals surface area contributed by atoms with Crippen LogP contribution < -0.4 is 16.4 Å². The van der Waals surface area contributed by atoms with E-state index in [9.17, 15) is 14.7 Å². The zero-order chi connectivity index (χ0) is 29.8. The number of benzene rings is 1. The molecule has 3 saturated carbocycles. The second kappa shape index (κ2) is 13.3. The summed E-state index contributed by atoms with van der Waals surface area (Å²) >= 11 is 1.47. The van der Waals surface area contributed by atoms with Crippen molar-refractivity contribution in [3.63, 3.8) is 0 Å². The van der Waals surface area contributed by atoms with Crippen LogP contribution in [-0.2, 0) is 20.9 Å². The van der Waals surface area contributed by atoms with E-state index in [2.05, 4.69) is 50.1 Å². The highest BCUT2D eigenvalue weighted by molar-refractivity contribution is 8.00. The predicted molar refractivity (Wildman–Crippen MR) is 165 cm³/mol. The molecule has 7 nitrogen and oxygen atoms in total. The van der Waals surface area contributed by atoms with Gasteiger partial charge in [-0.25, -0.2) is 0 Å². The van der Waals surface area contributed by atoms with Crippen LogP contribution in [0.2, 0.25) is 0 Å². The van der Waals surface area contributed by atoms with Crippen LogP contribution >= 0.6 is 11.8 Å². The van der Waals surface area contributed by atoms with Gasteiger partial charge in [0.2, 0.25) is 0 Å². The summed E-state index contributed by atoms with van der Waals surface area (Å²) in [6.45, 7) is 16.6. The maximum Gasteiger partial charge on any atom is 0.316 e. The van der Waals surface area contributed by atoms with Gasteiger partial charge in [0.15, 0.2) is 0 Å². The van der Waals surface area contributed by atoms with Crippen molar-refractivity contribution in [2.45, 2.75) is 83.4 Å². The number of Topliss-reactive ketones (excluding diaryl/α,β-unsaturated/α-hetero) is 1. The number of nitrogens with two attached hydrogens (primary N) is 1. The maximum absolute atomic E-state index is 13.6. The molecular formula is C33H51N3O4S. The second-order valence-electron chi connectivity index (χ2n) is 13.2. The normalized spacial score (nSPS) is 36.7. The van der Waals surface area contributed by atoms with Gasteiger partial charge in [0.1, 0.15) is 11.9 Å². The standard InChI is InChI=1S/C33H51N3O4S/c1-6-31(4)19-27(32(5)22(2)10-12-33(23(3)30(31)39)13-11-26(37)29(32)33)40-28(38)21-41-25-9-7-8-24(18-25)20-36-17-16-35-15-14-34/h6-9,18,22-23,27,29-30,35-36,39H,1,10-17,19-21,34H2,2-5H3/t22?,23-,27+,29?,30-,31+,32-,33?/m0/s1. The number of rotatable bonds is 12. The first-order chi connectivity index (χ1) is 19.5. The van der Waals surface area contributed by atoms with Gasteiger partial charge < -0.3 is 26.2 Å². The number of ether oxygens (including phenoxy) is 1. The Balaban J connectivity index is 1.48. The Kier molecular flexibility index (Phi) is 10.4. The van der Waals surface area contributed by atoms with Crippen LogP contribution in [0.5, 0.6) is 0 Å². The fourth-order valence-electron chi connectivity index (χ4n) is 8.22. The number of thioether (sulfide) groups is 1. The molecular weight excluding hydrogens is 534 g/mol. The van der Waals surface area contributed by atoms with E-state index >= 15 is 0 Å². The second-order valence-corrected chi connectivity index (χ2v) is 14.3. The van der Waals surface area contributed by atoms with Crippen molar-refractivity contribution in [3.8, 4) is 0 Å². The first kappa shape index (κ1) is 32.2. The van der Waals surface area contributed by atoms with Crippen LogP contribution in [0.1, 0.15) is 65.4 Å². The molecule has 4 rings (SSSR count). The van der Waals surface area contributed by atoms with Gasteiger partial charge in [-0.3, -0.25) is 9.59 Å². The molecule has 3 aliphatic rings. The van der Waals surface area contributed by atoms with Crippen LogP contribution in [-0.4, -0.2) is 61.0 Å². The maximum atomic E-state index is 13.6. The Morgan fingerprint density at radius 1 is 1.22 bits per heavy atom. The Labute approximate surface area is 250 Å². The highest BCUT2D eigenvalue weighted by Gasteiger charge is 2.68. The lowest BCUT2D eigenvalue weighted by molar-refractivity contribution is -0.205. The number of carbonyl (C=O) groups excluding carboxylic acids is 2. The molecule has 0 aromatic heterocycles. The molecule has 228 valence electrons. The largest absolute Gasteiger partial charge is 0.461 e. The zero-order valence-electron chi connectivity index (χ0n) is 25.4. The first-order valence-electron chi connectivity index (χ1n) is 15.4. The van der Waals surface area contributed by atoms with Crippen LogP contribution in [0.15, 0.2) is 41.8 Å². The number of hydrogen-bond donors (Lipinski definition) is 4. The molecule has 3 aliphatic carbocycles. The van der Waals surface area contributed by atoms with Gasteiger partial charge in [-0.05, 0) is 60.6 Å². The van der Waals surface area contributed by atoms with Crippen molar-refractivity contribution in [2.24, 2.45) is 39.7 Å². The van der Waals surface area contributed by atoms with Gasteiger partial charge in [0.25, 0.3) is 0 Å². The smallest absolute Gasteiger partial charge is 0.316 e. The quantitative estimate of drug-likeness (QED) is 0.124. The molecule has 0 radical (unpaired) electrons. The summed E-state index contributed by atoms with van der Waals surface area (Å²) < 4.78 is 6.38. The molecule has 0 amide bonds. The van der Waals surface area contributed by atoms with Crippen molar-refractivity contribution in [2.75, 3.05) is 31.9 Å². The number of ketones is 1. The third-order valence-corrected chi connectivity index (χ3v) is 11.9. The number of hydrogen-bond acceptors (Lipinski definition) is 8. The van der Waals surface area contributed by atoms with Crippen LogP contribution in [0.3, 0.4) is 0 Å². The summed E-state index contributed by atoms with van der Waals surface area (Å²) in [5.41, 5.74) is 5.29. The van der Waals surface area contributed by atoms with Gasteiger partial charge in [0, 0.05) is 60.8 Å². The molecule has 41 heavy (non-hydrogen) atoms. The van der Waals surface area contributed by atoms with E-state index in [0.29, 0.717) is 19.4 Å². The highest BCUT2D eigenvalue weighted by Crippen LogP contribution is 2.68. The molecule has 0 aliphatic heterocycles. The Morgan fingerprint density at radius 2 is 1.98 bits per heavy atom. The van der Waals surface area contributed by atoms with Crippen LogP contribution in [0.25, 0.3) is 0 Å². The summed E-state index contributed by atoms with van der Waals surface area (Å²) in [5.74, 6) is 0.159. The minimum atomic E-state index is -0.658. The topological polar surface area (TPSA) is 114 Å². The molecule has 0 saturated heterocycles. The third-order valence-electron chi connectivity index (χ3n) is 11.0. The monoisotopic (exact) mass is 585 g/mol. The molecule has 2 bridgehead atoms. The average Bonchev–Trinajstić information content (AvgIpc) is 3.32. The Bertz CT molecular complexity index is 1100. The van der Waals surface area contributed by atoms with Crippen molar-refractivity contribution in [1.82, 2.24) is 10.6 Å². The molecule has 1 aromatic rings. The van der Waals surface area contributed by atoms with E-state index in [0.717, 1.165) is 55.9 Å². The summed E-state index contributed by atoms with van der Waals surface area (Å²) in [4.78, 5) is 28.0. The lowest BCUT2D eigenvalue weighted by atomic mass is 9.44. The summed E-state index contributed by atoms with van der Waals surface area (Å²) in [5, 5.41) is 18.4. The molecule has 3 unspecified atom stereocenters. The van der Waals surface area contributed by atoms with Gasteiger partial charge in [-0.1, -0.05) is 45.9 Å². The fraction of sp³-hybridized carbons (Fsp3) is 0.697. The average molecular weight is 586 g/mol. The van der Waals surface area contributed by atoms with Gasteiger partial charge >= 0.3 is 5.97 Å². The Hall–Kier alpha value is -1.71. The van der Waals surface area contributed by atoms with Gasteiger partial charge in [-0.15, -0.1) is 18.3 Å². The fourth-order valence-corrected chi connectivity index (χ4v) is 8.98. The van der Waals surface area contributed by atoms with Crippen molar-refractivity contribution in [3.05, 3.63) is 42.5 Å². The molecule has 5 N–H and O–H groups in total. The van der Waals surface area contributed by atoms with E-state index in [-0.39, 0.29) is 40.7 Å². The van der Waals surface area contributed by atoms with Crippen LogP contribution in [0.4, 0.5) is 0 Å². The molecule has 0 heterocycles. The first-order valence-corrected chi connectivity index (χ1v) is 16.4. The Morgan fingerprint density at radius 3 is 2.71 bits per heavy atom. The SMILES string of the molecule is C=C[C@]1(C)C[C@@H](OC(=O)CSc2cccc(CNCCNCCN)c2)[C@]2(C)C(C)CCC3(CCC(=O)C32)[C@@H](C)[C@@H]1O. The summed E-state index contributed by atoms with van der Waals surface area (Å²) in [7, 11) is 0. The molecule has 8 atom stereocenters. The number of carbonyl (C=O) groups is 2. The van der Waals surface area contributed by atoms with Crippen molar-refractivity contribution in [1.29, 1.82) is 0 Å². The zero-order valence-corrected chi connectivity index (χ0v) is 26.2. The van der Waals surface area contributed by atoms with Crippen LogP contribution in [0, 0.1) is 34.0 Å². The molecule has 3 fully saturated rings. The van der Waals surface area contributed by atoms with E-state index in [1.807, 2.05) is 25.1 Å². The molecule has 0 spiro atoms. The highest BCUT2D eigenvalue weighted by atomic mass is 32.2. The van der Waals surface area contributed by atoms with E-state index in [1.54, 1.807) is 0 Å². The summed E-state index contributed by atoms with van der Waals surface area (Å²) in [6, 6.07) is 8.22. The summed E-state index contributed by atoms with van der Waals surface area (Å²) in [6.07, 6.45) is 4.40. The van der Waals surface area contributed by atoms with E-state index in [1.165, 1.54) is 11.8 Å². The number of aliphatic hydroxyl groups is 1. The van der Waals surface area contributed by atoms with Crippen molar-refractivity contribution >= 4 is 23.5 Å². The minimum absolute atomic E-state index is 0.0371. The van der Waals surface area contributed by atoms with Gasteiger partial charge in [-0.2, -0.15) is 0 Å². The number of aliphatic hydroxyl groups excluding tert-OH is 1.